The van der Waals surface area contributed by atoms with E-state index in [4.69, 9.17) is 21.6 Å². The molecule has 2 rings (SSSR count). The van der Waals surface area contributed by atoms with E-state index < -0.39 is 0 Å². The van der Waals surface area contributed by atoms with Gasteiger partial charge in [-0.3, -0.25) is 4.79 Å². The Labute approximate surface area is 152 Å². The summed E-state index contributed by atoms with van der Waals surface area (Å²) in [4.78, 5) is 18.4. The van der Waals surface area contributed by atoms with Crippen LogP contribution in [-0.2, 0) is 4.79 Å². The number of rotatable bonds is 7. The summed E-state index contributed by atoms with van der Waals surface area (Å²) >= 11 is 5.99. The molecular weight excluding hydrogens is 340 g/mol. The third-order valence-electron chi connectivity index (χ3n) is 3.57. The Morgan fingerprint density at radius 1 is 1.40 bits per heavy atom. The molecule has 132 valence electrons. The molecule has 0 atom stereocenters. The zero-order chi connectivity index (χ0) is 18.4. The summed E-state index contributed by atoms with van der Waals surface area (Å²) in [5.74, 6) is 0.453. The van der Waals surface area contributed by atoms with E-state index >= 15 is 0 Å². The fraction of sp³-hybridized carbons (Fsp3) is 0.389. The van der Waals surface area contributed by atoms with Gasteiger partial charge in [0.1, 0.15) is 17.0 Å². The standard InChI is InChI=1S/C18H21ClN4O2/c1-4-25-16-10-14-12(8-13(11-20)18(19)22-14)9-15(16)21-17(24)6-5-7-23(2)3/h8-10H,4-7H2,1-3H3,(H,21,24). The van der Waals surface area contributed by atoms with Gasteiger partial charge >= 0.3 is 0 Å². The van der Waals surface area contributed by atoms with Crippen molar-refractivity contribution in [1.29, 1.82) is 5.26 Å². The number of nitrogens with zero attached hydrogens (tertiary/aromatic N) is 3. The molecule has 0 unspecified atom stereocenters. The molecule has 0 saturated carbocycles. The van der Waals surface area contributed by atoms with Gasteiger partial charge in [0.15, 0.2) is 0 Å². The largest absolute Gasteiger partial charge is 0.492 e. The Bertz CT molecular complexity index is 815. The van der Waals surface area contributed by atoms with Crippen molar-refractivity contribution in [3.63, 3.8) is 0 Å². The van der Waals surface area contributed by atoms with Crippen molar-refractivity contribution >= 4 is 34.1 Å². The van der Waals surface area contributed by atoms with E-state index in [1.807, 2.05) is 32.0 Å². The van der Waals surface area contributed by atoms with Crippen LogP contribution in [0.15, 0.2) is 18.2 Å². The minimum absolute atomic E-state index is 0.0791. The van der Waals surface area contributed by atoms with Crippen molar-refractivity contribution in [3.05, 3.63) is 28.9 Å². The van der Waals surface area contributed by atoms with E-state index in [-0.39, 0.29) is 11.1 Å². The van der Waals surface area contributed by atoms with Gasteiger partial charge in [0.05, 0.1) is 23.4 Å². The zero-order valence-corrected chi connectivity index (χ0v) is 15.4. The van der Waals surface area contributed by atoms with Gasteiger partial charge < -0.3 is 15.0 Å². The molecule has 1 aromatic heterocycles. The molecule has 0 aliphatic rings. The van der Waals surface area contributed by atoms with Crippen LogP contribution < -0.4 is 10.1 Å². The van der Waals surface area contributed by atoms with Gasteiger partial charge in [0.2, 0.25) is 5.91 Å². The van der Waals surface area contributed by atoms with E-state index in [9.17, 15) is 4.79 Å². The number of halogens is 1. The smallest absolute Gasteiger partial charge is 0.224 e. The summed E-state index contributed by atoms with van der Waals surface area (Å²) in [5, 5.41) is 12.9. The number of hydrogen-bond donors (Lipinski definition) is 1. The molecule has 7 heteroatoms. The second kappa shape index (κ2) is 8.65. The first-order chi connectivity index (χ1) is 11.9. The van der Waals surface area contributed by atoms with Crippen molar-refractivity contribution in [2.24, 2.45) is 0 Å². The summed E-state index contributed by atoms with van der Waals surface area (Å²) in [6, 6.07) is 7.14. The highest BCUT2D eigenvalue weighted by Gasteiger charge is 2.13. The molecule has 0 aliphatic carbocycles. The summed E-state index contributed by atoms with van der Waals surface area (Å²) in [6.07, 6.45) is 1.19. The Hall–Kier alpha value is -2.36. The average molecular weight is 361 g/mol. The highest BCUT2D eigenvalue weighted by Crippen LogP contribution is 2.31. The molecule has 0 spiro atoms. The number of anilines is 1. The number of carbonyl (C=O) groups excluding carboxylic acids is 1. The minimum Gasteiger partial charge on any atom is -0.492 e. The topological polar surface area (TPSA) is 78.2 Å². The summed E-state index contributed by atoms with van der Waals surface area (Å²) in [5.41, 5.74) is 1.47. The molecule has 0 fully saturated rings. The van der Waals surface area contributed by atoms with Gasteiger partial charge in [0, 0.05) is 17.9 Å². The van der Waals surface area contributed by atoms with Crippen LogP contribution in [-0.4, -0.2) is 43.0 Å². The van der Waals surface area contributed by atoms with Crippen LogP contribution in [0.2, 0.25) is 5.15 Å². The molecule has 1 N–H and O–H groups in total. The number of benzene rings is 1. The Balaban J connectivity index is 2.30. The van der Waals surface area contributed by atoms with Crippen molar-refractivity contribution in [2.75, 3.05) is 32.6 Å². The number of fused-ring (bicyclic) bond motifs is 1. The van der Waals surface area contributed by atoms with Crippen molar-refractivity contribution in [3.8, 4) is 11.8 Å². The van der Waals surface area contributed by atoms with Crippen molar-refractivity contribution < 1.29 is 9.53 Å². The lowest BCUT2D eigenvalue weighted by molar-refractivity contribution is -0.116. The Morgan fingerprint density at radius 2 is 2.16 bits per heavy atom. The van der Waals surface area contributed by atoms with E-state index in [1.165, 1.54) is 0 Å². The third kappa shape index (κ3) is 5.05. The first-order valence-corrected chi connectivity index (χ1v) is 8.44. The third-order valence-corrected chi connectivity index (χ3v) is 3.86. The molecule has 6 nitrogen and oxygen atoms in total. The summed E-state index contributed by atoms with van der Waals surface area (Å²) in [6.45, 7) is 3.17. The lowest BCUT2D eigenvalue weighted by atomic mass is 10.1. The molecule has 1 heterocycles. The normalized spacial score (nSPS) is 10.7. The van der Waals surface area contributed by atoms with Crippen LogP contribution in [0.4, 0.5) is 5.69 Å². The maximum absolute atomic E-state index is 12.2. The highest BCUT2D eigenvalue weighted by atomic mass is 35.5. The minimum atomic E-state index is -0.0791. The number of amides is 1. The van der Waals surface area contributed by atoms with E-state index in [0.29, 0.717) is 40.9 Å². The number of nitriles is 1. The summed E-state index contributed by atoms with van der Waals surface area (Å²) in [7, 11) is 3.94. The molecule has 0 saturated heterocycles. The van der Waals surface area contributed by atoms with Crippen LogP contribution in [0.5, 0.6) is 5.75 Å². The van der Waals surface area contributed by atoms with Crippen LogP contribution in [0.25, 0.3) is 10.9 Å². The zero-order valence-electron chi connectivity index (χ0n) is 14.6. The SMILES string of the molecule is CCOc1cc2nc(Cl)c(C#N)cc2cc1NC(=O)CCCN(C)C. The van der Waals surface area contributed by atoms with E-state index in [1.54, 1.807) is 18.2 Å². The molecule has 2 aromatic rings. The number of hydrogen-bond acceptors (Lipinski definition) is 5. The molecular formula is C18H21ClN4O2. The van der Waals surface area contributed by atoms with Gasteiger partial charge in [0.25, 0.3) is 0 Å². The fourth-order valence-corrected chi connectivity index (χ4v) is 2.59. The molecule has 0 radical (unpaired) electrons. The first-order valence-electron chi connectivity index (χ1n) is 8.06. The van der Waals surface area contributed by atoms with Crippen molar-refractivity contribution in [1.82, 2.24) is 9.88 Å². The number of pyridine rings is 1. The van der Waals surface area contributed by atoms with E-state index in [0.717, 1.165) is 13.0 Å². The molecule has 1 amide bonds. The van der Waals surface area contributed by atoms with Crippen LogP contribution >= 0.6 is 11.6 Å². The maximum Gasteiger partial charge on any atom is 0.224 e. The number of ether oxygens (including phenoxy) is 1. The number of aromatic nitrogens is 1. The van der Waals surface area contributed by atoms with Gasteiger partial charge in [-0.25, -0.2) is 4.98 Å². The Morgan fingerprint density at radius 3 is 2.80 bits per heavy atom. The van der Waals surface area contributed by atoms with Crippen LogP contribution in [0.3, 0.4) is 0 Å². The van der Waals surface area contributed by atoms with Crippen molar-refractivity contribution in [2.45, 2.75) is 19.8 Å². The first kappa shape index (κ1) is 19.0. The van der Waals surface area contributed by atoms with Gasteiger partial charge in [-0.1, -0.05) is 11.6 Å². The monoisotopic (exact) mass is 360 g/mol. The number of nitrogens with one attached hydrogen (secondary N) is 1. The molecule has 25 heavy (non-hydrogen) atoms. The highest BCUT2D eigenvalue weighted by molar-refractivity contribution is 6.31. The van der Waals surface area contributed by atoms with Gasteiger partial charge in [-0.2, -0.15) is 5.26 Å². The second-order valence-corrected chi connectivity index (χ2v) is 6.23. The fourth-order valence-electron chi connectivity index (χ4n) is 2.40. The van der Waals surface area contributed by atoms with Crippen LogP contribution in [0, 0.1) is 11.3 Å². The second-order valence-electron chi connectivity index (χ2n) is 5.87. The predicted molar refractivity (Wildman–Crippen MR) is 99.1 cm³/mol. The predicted octanol–water partition coefficient (Wildman–Crippen LogP) is 3.44. The molecule has 1 aromatic carbocycles. The van der Waals surface area contributed by atoms with Crippen LogP contribution in [0.1, 0.15) is 25.3 Å². The molecule has 0 bridgehead atoms. The Kier molecular flexibility index (Phi) is 6.57. The summed E-state index contributed by atoms with van der Waals surface area (Å²) < 4.78 is 5.61. The molecule has 0 aliphatic heterocycles. The lowest BCUT2D eigenvalue weighted by Gasteiger charge is -2.14. The van der Waals surface area contributed by atoms with Gasteiger partial charge in [-0.15, -0.1) is 0 Å². The maximum atomic E-state index is 12.2. The van der Waals surface area contributed by atoms with E-state index in [2.05, 4.69) is 10.3 Å². The van der Waals surface area contributed by atoms with Gasteiger partial charge in [-0.05, 0) is 46.1 Å². The number of carbonyl (C=O) groups is 1. The lowest BCUT2D eigenvalue weighted by Crippen LogP contribution is -2.17. The quantitative estimate of drug-likeness (QED) is 0.765. The average Bonchev–Trinajstić information content (AvgIpc) is 2.55.